The van der Waals surface area contributed by atoms with Gasteiger partial charge in [0.25, 0.3) is 20.2 Å². The monoisotopic (exact) mass is 954 g/mol. The molecule has 2 aliphatic rings. The molecule has 10 N–H and O–H groups in total. The van der Waals surface area contributed by atoms with E-state index in [9.17, 15) is 36.3 Å². The van der Waals surface area contributed by atoms with E-state index in [2.05, 4.69) is 67.8 Å². The molecule has 2 fully saturated rings. The molecule has 10 unspecified atom stereocenters. The summed E-state index contributed by atoms with van der Waals surface area (Å²) in [5, 5.41) is 60.9. The van der Waals surface area contributed by atoms with Gasteiger partial charge in [-0.1, -0.05) is 50.0 Å². The first kappa shape index (κ1) is 49.5. The molecule has 1 aliphatic heterocycles. The molecular weight excluding hydrogens is 905 g/mol. The van der Waals surface area contributed by atoms with Gasteiger partial charge in [-0.15, -0.1) is 23.9 Å². The second kappa shape index (κ2) is 22.9. The first-order valence-electron chi connectivity index (χ1n) is 19.0. The Morgan fingerprint density at radius 1 is 1.16 bits per heavy atom. The van der Waals surface area contributed by atoms with Crippen LogP contribution in [0.25, 0.3) is 15.3 Å². The number of thiazole rings is 1. The number of azo groups is 1. The Labute approximate surface area is 364 Å². The second-order valence-electron chi connectivity index (χ2n) is 14.3. The molecule has 0 spiro atoms. The van der Waals surface area contributed by atoms with Crippen LogP contribution in [0.3, 0.4) is 0 Å². The number of aliphatic hydroxyl groups is 1. The van der Waals surface area contributed by atoms with Crippen LogP contribution in [0.4, 0.5) is 5.82 Å². The van der Waals surface area contributed by atoms with Gasteiger partial charge in [-0.05, 0) is 49.4 Å². The molecule has 0 bridgehead atoms. The van der Waals surface area contributed by atoms with Crippen LogP contribution in [-0.4, -0.2) is 125 Å². The lowest BCUT2D eigenvalue weighted by molar-refractivity contribution is -0.432. The highest BCUT2D eigenvalue weighted by molar-refractivity contribution is 7.94. The average molecular weight is 955 g/mol. The van der Waals surface area contributed by atoms with Crippen LogP contribution in [0.1, 0.15) is 45.6 Å². The van der Waals surface area contributed by atoms with E-state index in [1.165, 1.54) is 22.2 Å². The van der Waals surface area contributed by atoms with Crippen LogP contribution in [0.15, 0.2) is 39.5 Å². The van der Waals surface area contributed by atoms with Gasteiger partial charge in [-0.25, -0.2) is 14.9 Å². The molecule has 29 heteroatoms. The highest BCUT2D eigenvalue weighted by Crippen LogP contribution is 2.41. The summed E-state index contributed by atoms with van der Waals surface area (Å²) in [4.78, 5) is 10.2. The van der Waals surface area contributed by atoms with Crippen molar-refractivity contribution < 1.29 is 55.0 Å². The number of benzene rings is 1. The van der Waals surface area contributed by atoms with Crippen molar-refractivity contribution in [2.45, 2.75) is 87.0 Å². The Morgan fingerprint density at radius 2 is 1.93 bits per heavy atom. The van der Waals surface area contributed by atoms with Crippen molar-refractivity contribution in [2.75, 3.05) is 31.6 Å². The topological polar surface area (TPSA) is 338 Å². The molecule has 0 radical (unpaired) electrons. The minimum Gasteiger partial charge on any atom is -0.391 e. The molecule has 3 aromatic rings. The Morgan fingerprint density at radius 3 is 2.61 bits per heavy atom. The third-order valence-electron chi connectivity index (χ3n) is 10.3. The molecule has 2 aromatic heterocycles. The predicted octanol–water partition coefficient (Wildman–Crippen LogP) is 1.83. The molecule has 3 heterocycles. The Balaban J connectivity index is 1.38. The minimum atomic E-state index is -4.40. The maximum absolute atomic E-state index is 12.7. The third-order valence-corrected chi connectivity index (χ3v) is 14.7. The van der Waals surface area contributed by atoms with E-state index >= 15 is 0 Å². The molecule has 340 valence electrons. The van der Waals surface area contributed by atoms with Gasteiger partial charge in [-0.3, -0.25) is 35.7 Å². The SMILES string of the molecule is CCC1CC(C)C(S(=O)(=O)O)C(CC)C1NC1NC(NC)NC(NCCS(=O)(=O)O)C1N=Nc1nn(-c2nc3ccc(SOONCC(O)CSOOO)cc3s2)cc1C#N. The zero-order chi connectivity index (χ0) is 44.3. The number of nitrogens with zero attached hydrogens (tertiary/aromatic N) is 6. The van der Waals surface area contributed by atoms with Crippen LogP contribution >= 0.6 is 35.4 Å². The summed E-state index contributed by atoms with van der Waals surface area (Å²) in [5.41, 5.74) is 3.15. The number of fused-ring (bicyclic) bond motifs is 1. The highest BCUT2D eigenvalue weighted by Gasteiger charge is 2.49. The van der Waals surface area contributed by atoms with Crippen molar-refractivity contribution >= 4 is 71.7 Å². The van der Waals surface area contributed by atoms with Crippen molar-refractivity contribution in [3.63, 3.8) is 0 Å². The molecule has 10 atom stereocenters. The first-order chi connectivity index (χ1) is 29.1. The van der Waals surface area contributed by atoms with Gasteiger partial charge in [0, 0.05) is 29.5 Å². The number of nitriles is 1. The van der Waals surface area contributed by atoms with E-state index in [4.69, 9.17) is 14.6 Å². The first-order valence-corrected chi connectivity index (χ1v) is 24.6. The summed E-state index contributed by atoms with van der Waals surface area (Å²) in [7, 11) is -7.03. The molecule has 1 aromatic carbocycles. The quantitative estimate of drug-likeness (QED) is 0.0162. The Bertz CT molecular complexity index is 2180. The zero-order valence-corrected chi connectivity index (χ0v) is 37.4. The average Bonchev–Trinajstić information content (AvgIpc) is 3.83. The largest absolute Gasteiger partial charge is 0.391 e. The Hall–Kier alpha value is -2.55. The number of aromatic nitrogens is 3. The standard InChI is InChI=1S/C32H50N12O12S5/c1-5-18-11-17(3)27(61(50,51)52)22(6-2)25(18)38-30-26(29(39-31(34-4)40-30)35-9-10-60(47,48)49)41-42-28-19(13-33)15-44(43-28)32-37-23-8-7-21(12-24(23)58-32)59-55-53-36-14-20(45)16-57-56-54-46/h7-8,12,15,17-18,20,22,25-27,29-31,34-36,38-40,45-46H,5-6,9-11,14,16H2,1-4H3,(H,47,48,49)(H,50,51,52). The van der Waals surface area contributed by atoms with Crippen molar-refractivity contribution in [1.82, 2.24) is 46.8 Å². The summed E-state index contributed by atoms with van der Waals surface area (Å²) < 4.78 is 80.0. The van der Waals surface area contributed by atoms with Crippen LogP contribution < -0.4 is 32.1 Å². The van der Waals surface area contributed by atoms with Crippen LogP contribution in [0, 0.1) is 29.1 Å². The number of hydrogen-bond donors (Lipinski definition) is 10. The number of rotatable bonds is 23. The van der Waals surface area contributed by atoms with E-state index in [1.807, 2.05) is 20.8 Å². The van der Waals surface area contributed by atoms with E-state index in [0.717, 1.165) is 23.2 Å². The van der Waals surface area contributed by atoms with Crippen molar-refractivity contribution in [1.29, 1.82) is 5.26 Å². The van der Waals surface area contributed by atoms with Crippen molar-refractivity contribution in [3.05, 3.63) is 30.0 Å². The number of aliphatic hydroxyl groups excluding tert-OH is 1. The van der Waals surface area contributed by atoms with E-state index < -0.39 is 74.0 Å². The van der Waals surface area contributed by atoms with Crippen LogP contribution in [0.5, 0.6) is 0 Å². The van der Waals surface area contributed by atoms with Crippen LogP contribution in [-0.2, 0) is 38.9 Å². The molecular formula is C32H50N12O12S5. The predicted molar refractivity (Wildman–Crippen MR) is 224 cm³/mol. The third kappa shape index (κ3) is 13.7. The molecule has 1 aliphatic carbocycles. The van der Waals surface area contributed by atoms with Crippen LogP contribution in [0.2, 0.25) is 0 Å². The zero-order valence-electron chi connectivity index (χ0n) is 33.3. The smallest absolute Gasteiger partial charge is 0.268 e. The molecule has 5 rings (SSSR count). The summed E-state index contributed by atoms with van der Waals surface area (Å²) in [6.07, 6.45) is 0.205. The minimum absolute atomic E-state index is 0.00833. The van der Waals surface area contributed by atoms with Gasteiger partial charge in [0.1, 0.15) is 24.0 Å². The van der Waals surface area contributed by atoms with Crippen molar-refractivity contribution in [2.24, 2.45) is 28.0 Å². The maximum atomic E-state index is 12.7. The normalized spacial score (nSPS) is 26.8. The van der Waals surface area contributed by atoms with Gasteiger partial charge < -0.3 is 5.11 Å². The number of hydrogen-bond acceptors (Lipinski definition) is 24. The lowest BCUT2D eigenvalue weighted by atomic mass is 9.69. The summed E-state index contributed by atoms with van der Waals surface area (Å²) in [5.74, 6) is -1.27. The van der Waals surface area contributed by atoms with Gasteiger partial charge in [0.2, 0.25) is 10.9 Å². The molecule has 24 nitrogen and oxygen atoms in total. The number of hydroxylamine groups is 1. The fourth-order valence-corrected chi connectivity index (χ4v) is 11.3. The molecule has 0 amide bonds. The fourth-order valence-electron chi connectivity index (χ4n) is 7.57. The van der Waals surface area contributed by atoms with Gasteiger partial charge in [0.05, 0.1) is 70.2 Å². The van der Waals surface area contributed by atoms with E-state index in [1.54, 1.807) is 25.2 Å². The second-order valence-corrected chi connectivity index (χ2v) is 19.9. The summed E-state index contributed by atoms with van der Waals surface area (Å²) in [6, 6.07) is 6.12. The lowest BCUT2D eigenvalue weighted by Crippen LogP contribution is -2.77. The summed E-state index contributed by atoms with van der Waals surface area (Å²) >= 11 is 2.86. The highest BCUT2D eigenvalue weighted by atomic mass is 32.2. The van der Waals surface area contributed by atoms with Gasteiger partial charge in [0.15, 0.2) is 0 Å². The van der Waals surface area contributed by atoms with E-state index in [0.29, 0.717) is 40.4 Å². The van der Waals surface area contributed by atoms with Gasteiger partial charge in [-0.2, -0.15) is 32.7 Å². The van der Waals surface area contributed by atoms with E-state index in [-0.39, 0.29) is 42.1 Å². The van der Waals surface area contributed by atoms with Gasteiger partial charge >= 0.3 is 0 Å². The molecule has 61 heavy (non-hydrogen) atoms. The maximum Gasteiger partial charge on any atom is 0.268 e. The fraction of sp³-hybridized carbons (Fsp3) is 0.656. The number of nitrogens with one attached hydrogen (secondary N) is 6. The summed E-state index contributed by atoms with van der Waals surface area (Å²) in [6.45, 7) is 5.56. The lowest BCUT2D eigenvalue weighted by Gasteiger charge is -2.49. The molecule has 1 saturated heterocycles. The molecule has 1 saturated carbocycles. The Kier molecular flexibility index (Phi) is 18.6. The van der Waals surface area contributed by atoms with Crippen molar-refractivity contribution in [3.8, 4) is 11.2 Å².